The summed E-state index contributed by atoms with van der Waals surface area (Å²) in [6, 6.07) is 8.45. The quantitative estimate of drug-likeness (QED) is 0.753. The second kappa shape index (κ2) is 7.53. The van der Waals surface area contributed by atoms with Crippen molar-refractivity contribution in [3.05, 3.63) is 35.9 Å². The molecule has 0 heterocycles. The third-order valence-corrected chi connectivity index (χ3v) is 2.55. The van der Waals surface area contributed by atoms with Crippen LogP contribution in [0.1, 0.15) is 25.5 Å². The fourth-order valence-electron chi connectivity index (χ4n) is 1.55. The van der Waals surface area contributed by atoms with Gasteiger partial charge in [0.25, 0.3) is 0 Å². The van der Waals surface area contributed by atoms with Crippen LogP contribution in [0.4, 0.5) is 0 Å². The molecule has 104 valence electrons. The molecule has 1 unspecified atom stereocenters. The molecular formula is C14H20N2O3. The summed E-state index contributed by atoms with van der Waals surface area (Å²) < 4.78 is 4.72. The Bertz CT molecular complexity index is 418. The lowest BCUT2D eigenvalue weighted by Gasteiger charge is -2.17. The molecular weight excluding hydrogens is 244 g/mol. The normalized spacial score (nSPS) is 12.0. The van der Waals surface area contributed by atoms with Crippen molar-refractivity contribution >= 4 is 11.9 Å². The number of benzene rings is 1. The summed E-state index contributed by atoms with van der Waals surface area (Å²) in [5.41, 5.74) is 0.701. The summed E-state index contributed by atoms with van der Waals surface area (Å²) >= 11 is 0. The van der Waals surface area contributed by atoms with Crippen molar-refractivity contribution in [2.45, 2.75) is 25.9 Å². The first-order valence-corrected chi connectivity index (χ1v) is 6.20. The van der Waals surface area contributed by atoms with Crippen LogP contribution in [0.25, 0.3) is 0 Å². The Hall–Kier alpha value is -1.88. The van der Waals surface area contributed by atoms with Gasteiger partial charge in [0, 0.05) is 6.04 Å². The van der Waals surface area contributed by atoms with Gasteiger partial charge in [-0.15, -0.1) is 0 Å². The molecule has 1 atom stereocenters. The van der Waals surface area contributed by atoms with Gasteiger partial charge in [0.05, 0.1) is 13.7 Å². The maximum Gasteiger partial charge on any atom is 0.333 e. The van der Waals surface area contributed by atoms with Crippen molar-refractivity contribution in [2.75, 3.05) is 13.7 Å². The summed E-state index contributed by atoms with van der Waals surface area (Å²) in [6.07, 6.45) is 0. The van der Waals surface area contributed by atoms with Gasteiger partial charge < -0.3 is 15.4 Å². The van der Waals surface area contributed by atoms with E-state index in [1.165, 1.54) is 7.11 Å². The number of rotatable bonds is 6. The lowest BCUT2D eigenvalue weighted by Crippen LogP contribution is -2.41. The molecule has 0 aliphatic carbocycles. The molecule has 1 amide bonds. The molecule has 1 aromatic rings. The average Bonchev–Trinajstić information content (AvgIpc) is 2.42. The van der Waals surface area contributed by atoms with Gasteiger partial charge in [-0.1, -0.05) is 44.2 Å². The highest BCUT2D eigenvalue weighted by molar-refractivity contribution is 5.86. The van der Waals surface area contributed by atoms with E-state index in [9.17, 15) is 9.59 Å². The number of carbonyl (C=O) groups is 2. The Balaban J connectivity index is 2.71. The number of ether oxygens (including phenoxy) is 1. The zero-order valence-electron chi connectivity index (χ0n) is 11.5. The highest BCUT2D eigenvalue weighted by Gasteiger charge is 2.23. The maximum atomic E-state index is 11.8. The summed E-state index contributed by atoms with van der Waals surface area (Å²) in [5.74, 6) is -0.725. The Morgan fingerprint density at radius 1 is 1.21 bits per heavy atom. The van der Waals surface area contributed by atoms with Gasteiger partial charge in [0.2, 0.25) is 5.91 Å². The molecule has 0 aliphatic rings. The topological polar surface area (TPSA) is 67.4 Å². The predicted octanol–water partition coefficient (Wildman–Crippen LogP) is 1.01. The van der Waals surface area contributed by atoms with Gasteiger partial charge in [0.1, 0.15) is 0 Å². The zero-order valence-corrected chi connectivity index (χ0v) is 11.5. The number of hydrogen-bond acceptors (Lipinski definition) is 4. The Labute approximate surface area is 113 Å². The van der Waals surface area contributed by atoms with Crippen LogP contribution in [0, 0.1) is 0 Å². The predicted molar refractivity (Wildman–Crippen MR) is 72.5 cm³/mol. The molecule has 0 saturated heterocycles. The van der Waals surface area contributed by atoms with Gasteiger partial charge in [-0.05, 0) is 5.56 Å². The van der Waals surface area contributed by atoms with Gasteiger partial charge in [-0.3, -0.25) is 4.79 Å². The van der Waals surface area contributed by atoms with E-state index in [0.29, 0.717) is 5.56 Å². The first-order valence-electron chi connectivity index (χ1n) is 6.20. The lowest BCUT2D eigenvalue weighted by atomic mass is 10.1. The Morgan fingerprint density at radius 3 is 2.37 bits per heavy atom. The van der Waals surface area contributed by atoms with Crippen LogP contribution in [-0.4, -0.2) is 31.6 Å². The summed E-state index contributed by atoms with van der Waals surface area (Å²) in [7, 11) is 1.30. The van der Waals surface area contributed by atoms with Crippen molar-refractivity contribution < 1.29 is 14.3 Å². The Kier molecular flexibility index (Phi) is 6.02. The summed E-state index contributed by atoms with van der Waals surface area (Å²) in [5, 5.41) is 5.66. The molecule has 1 rings (SSSR count). The van der Waals surface area contributed by atoms with Crippen molar-refractivity contribution in [1.29, 1.82) is 0 Å². The molecule has 0 spiro atoms. The molecule has 0 bridgehead atoms. The van der Waals surface area contributed by atoms with Gasteiger partial charge in [-0.2, -0.15) is 0 Å². The van der Waals surface area contributed by atoms with Crippen LogP contribution in [0.3, 0.4) is 0 Å². The van der Waals surface area contributed by atoms with Crippen molar-refractivity contribution in [3.8, 4) is 0 Å². The number of amides is 1. The minimum atomic E-state index is -0.771. The van der Waals surface area contributed by atoms with Crippen molar-refractivity contribution in [2.24, 2.45) is 0 Å². The van der Waals surface area contributed by atoms with E-state index < -0.39 is 12.0 Å². The van der Waals surface area contributed by atoms with Gasteiger partial charge >= 0.3 is 5.97 Å². The number of nitrogens with one attached hydrogen (secondary N) is 2. The number of methoxy groups -OCH3 is 1. The van der Waals surface area contributed by atoms with E-state index in [1.54, 1.807) is 12.1 Å². The molecule has 2 N–H and O–H groups in total. The highest BCUT2D eigenvalue weighted by atomic mass is 16.5. The van der Waals surface area contributed by atoms with Crippen molar-refractivity contribution in [3.63, 3.8) is 0 Å². The first-order chi connectivity index (χ1) is 9.04. The molecule has 0 aromatic heterocycles. The van der Waals surface area contributed by atoms with E-state index >= 15 is 0 Å². The maximum absolute atomic E-state index is 11.8. The van der Waals surface area contributed by atoms with E-state index in [2.05, 4.69) is 10.6 Å². The third kappa shape index (κ3) is 5.09. The van der Waals surface area contributed by atoms with E-state index in [0.717, 1.165) is 0 Å². The smallest absolute Gasteiger partial charge is 0.333 e. The fraction of sp³-hybridized carbons (Fsp3) is 0.429. The van der Waals surface area contributed by atoms with Crippen LogP contribution in [0.5, 0.6) is 0 Å². The molecule has 5 heteroatoms. The minimum Gasteiger partial charge on any atom is -0.467 e. The van der Waals surface area contributed by atoms with Crippen LogP contribution in [0.2, 0.25) is 0 Å². The first kappa shape index (κ1) is 15.2. The summed E-state index contributed by atoms with van der Waals surface area (Å²) in [4.78, 5) is 23.5. The number of hydrogen-bond donors (Lipinski definition) is 2. The standard InChI is InChI=1S/C14H20N2O3/c1-10(2)15-9-12(17)16-13(14(18)19-3)11-7-5-4-6-8-11/h4-8,10,13,15H,9H2,1-3H3,(H,16,17). The molecule has 0 aliphatic heterocycles. The zero-order chi connectivity index (χ0) is 14.3. The van der Waals surface area contributed by atoms with E-state index in [4.69, 9.17) is 4.74 Å². The van der Waals surface area contributed by atoms with Crippen LogP contribution in [0.15, 0.2) is 30.3 Å². The van der Waals surface area contributed by atoms with E-state index in [1.807, 2.05) is 32.0 Å². The van der Waals surface area contributed by atoms with Gasteiger partial charge in [0.15, 0.2) is 6.04 Å². The van der Waals surface area contributed by atoms with E-state index in [-0.39, 0.29) is 18.5 Å². The Morgan fingerprint density at radius 2 is 1.84 bits per heavy atom. The van der Waals surface area contributed by atoms with Gasteiger partial charge in [-0.25, -0.2) is 4.79 Å². The highest BCUT2D eigenvalue weighted by Crippen LogP contribution is 2.13. The monoisotopic (exact) mass is 264 g/mol. The molecule has 19 heavy (non-hydrogen) atoms. The minimum absolute atomic E-state index is 0.165. The third-order valence-electron chi connectivity index (χ3n) is 2.55. The molecule has 0 saturated carbocycles. The number of carbonyl (C=O) groups excluding carboxylic acids is 2. The average molecular weight is 264 g/mol. The summed E-state index contributed by atoms with van der Waals surface area (Å²) in [6.45, 7) is 4.06. The second-order valence-corrected chi connectivity index (χ2v) is 4.47. The lowest BCUT2D eigenvalue weighted by molar-refractivity contribution is -0.145. The van der Waals surface area contributed by atoms with Crippen LogP contribution >= 0.6 is 0 Å². The SMILES string of the molecule is COC(=O)C(NC(=O)CNC(C)C)c1ccccc1. The molecule has 0 fully saturated rings. The molecule has 0 radical (unpaired) electrons. The van der Waals surface area contributed by atoms with Crippen LogP contribution < -0.4 is 10.6 Å². The second-order valence-electron chi connectivity index (χ2n) is 4.47. The van der Waals surface area contributed by atoms with Crippen molar-refractivity contribution in [1.82, 2.24) is 10.6 Å². The largest absolute Gasteiger partial charge is 0.467 e. The number of esters is 1. The molecule has 1 aromatic carbocycles. The molecule has 5 nitrogen and oxygen atoms in total. The fourth-order valence-corrected chi connectivity index (χ4v) is 1.55. The van der Waals surface area contributed by atoms with Crippen LogP contribution in [-0.2, 0) is 14.3 Å².